The number of hydrogen-bond acceptors (Lipinski definition) is 6. The fourth-order valence-corrected chi connectivity index (χ4v) is 1.35. The van der Waals surface area contributed by atoms with Gasteiger partial charge in [-0.1, -0.05) is 0 Å². The van der Waals surface area contributed by atoms with E-state index < -0.39 is 16.6 Å². The molecule has 0 aliphatic rings. The summed E-state index contributed by atoms with van der Waals surface area (Å²) in [4.78, 5) is 21.0. The van der Waals surface area contributed by atoms with Crippen LogP contribution in [0.2, 0.25) is 0 Å². The number of nitro benzene ring substituents is 1. The van der Waals surface area contributed by atoms with Crippen molar-refractivity contribution < 1.29 is 14.5 Å². The second-order valence-corrected chi connectivity index (χ2v) is 3.20. The quantitative estimate of drug-likeness (QED) is 0.357. The molecule has 7 heteroatoms. The van der Waals surface area contributed by atoms with E-state index in [1.54, 1.807) is 6.07 Å². The summed E-state index contributed by atoms with van der Waals surface area (Å²) in [5.41, 5.74) is 5.11. The Labute approximate surface area is 96.6 Å². The zero-order valence-corrected chi connectivity index (χ0v) is 8.97. The van der Waals surface area contributed by atoms with Crippen molar-refractivity contribution >= 4 is 17.3 Å². The summed E-state index contributed by atoms with van der Waals surface area (Å²) >= 11 is 0. The molecule has 0 radical (unpaired) electrons. The van der Waals surface area contributed by atoms with E-state index in [0.717, 1.165) is 0 Å². The Morgan fingerprint density at radius 1 is 1.65 bits per heavy atom. The van der Waals surface area contributed by atoms with Crippen LogP contribution in [0.3, 0.4) is 0 Å². The Morgan fingerprint density at radius 3 is 2.76 bits per heavy atom. The number of nitrogens with two attached hydrogens (primary N) is 1. The second kappa shape index (κ2) is 4.94. The summed E-state index contributed by atoms with van der Waals surface area (Å²) in [7, 11) is 1.22. The number of anilines is 1. The summed E-state index contributed by atoms with van der Waals surface area (Å²) in [6.45, 7) is 0. The van der Waals surface area contributed by atoms with Crippen LogP contribution in [-0.2, 0) is 16.0 Å². The molecule has 0 amide bonds. The van der Waals surface area contributed by atoms with Crippen molar-refractivity contribution in [1.82, 2.24) is 0 Å². The van der Waals surface area contributed by atoms with E-state index in [-0.39, 0.29) is 17.7 Å². The molecule has 0 atom stereocenters. The van der Waals surface area contributed by atoms with Gasteiger partial charge in [-0.3, -0.25) is 14.9 Å². The molecular formula is C10H9N3O4. The van der Waals surface area contributed by atoms with Gasteiger partial charge in [0.15, 0.2) is 0 Å². The predicted molar refractivity (Wildman–Crippen MR) is 57.9 cm³/mol. The van der Waals surface area contributed by atoms with E-state index in [4.69, 9.17) is 11.0 Å². The minimum atomic E-state index is -0.726. The molecule has 1 rings (SSSR count). The molecule has 0 spiro atoms. The van der Waals surface area contributed by atoms with Gasteiger partial charge >= 0.3 is 11.7 Å². The highest BCUT2D eigenvalue weighted by Crippen LogP contribution is 2.27. The molecule has 0 unspecified atom stereocenters. The lowest BCUT2D eigenvalue weighted by atomic mass is 10.1. The lowest BCUT2D eigenvalue weighted by Gasteiger charge is -2.04. The highest BCUT2D eigenvalue weighted by molar-refractivity contribution is 5.75. The third-order valence-corrected chi connectivity index (χ3v) is 2.08. The number of rotatable bonds is 3. The molecule has 2 N–H and O–H groups in total. The number of nitriles is 1. The average Bonchev–Trinajstić information content (AvgIpc) is 2.27. The molecule has 0 saturated heterocycles. The minimum Gasteiger partial charge on any atom is -0.469 e. The zero-order valence-electron chi connectivity index (χ0n) is 8.97. The van der Waals surface area contributed by atoms with E-state index in [9.17, 15) is 14.9 Å². The number of nitrogens with zero attached hydrogens (tertiary/aromatic N) is 2. The Hall–Kier alpha value is -2.62. The smallest absolute Gasteiger partial charge is 0.309 e. The fraction of sp³-hybridized carbons (Fsp3) is 0.200. The van der Waals surface area contributed by atoms with Crippen LogP contribution in [0.1, 0.15) is 11.1 Å². The SMILES string of the molecule is COC(=O)Cc1cc(N)c([N+](=O)[O-])c(C#N)c1. The van der Waals surface area contributed by atoms with Crippen molar-refractivity contribution in [2.24, 2.45) is 0 Å². The van der Waals surface area contributed by atoms with Crippen LogP contribution >= 0.6 is 0 Å². The number of nitrogen functional groups attached to an aromatic ring is 1. The standard InChI is InChI=1S/C10H9N3O4/c1-17-9(14)4-6-2-7(5-11)10(13(15)16)8(12)3-6/h2-3H,4,12H2,1H3. The maximum atomic E-state index is 11.0. The number of hydrogen-bond donors (Lipinski definition) is 1. The first-order chi connectivity index (χ1) is 7.99. The molecule has 0 saturated carbocycles. The highest BCUT2D eigenvalue weighted by atomic mass is 16.6. The normalized spacial score (nSPS) is 9.41. The van der Waals surface area contributed by atoms with Crippen LogP contribution < -0.4 is 5.73 Å². The molecule has 0 bridgehead atoms. The number of ether oxygens (including phenoxy) is 1. The second-order valence-electron chi connectivity index (χ2n) is 3.20. The predicted octanol–water partition coefficient (Wildman–Crippen LogP) is 0.764. The third-order valence-electron chi connectivity index (χ3n) is 2.08. The summed E-state index contributed by atoms with van der Waals surface area (Å²) in [6, 6.07) is 4.22. The molecule has 0 aliphatic carbocycles. The molecule has 1 aromatic carbocycles. The summed E-state index contributed by atoms with van der Waals surface area (Å²) < 4.78 is 4.45. The van der Waals surface area contributed by atoms with E-state index in [1.807, 2.05) is 0 Å². The van der Waals surface area contributed by atoms with Crippen LogP contribution in [-0.4, -0.2) is 18.0 Å². The number of carbonyl (C=O) groups excluding carboxylic acids is 1. The summed E-state index contributed by atoms with van der Waals surface area (Å²) in [5.74, 6) is -0.512. The number of benzene rings is 1. The van der Waals surface area contributed by atoms with Gasteiger partial charge in [0.05, 0.1) is 18.5 Å². The Morgan fingerprint density at radius 2 is 2.29 bits per heavy atom. The van der Waals surface area contributed by atoms with Gasteiger partial charge in [-0.15, -0.1) is 0 Å². The molecule has 0 aromatic heterocycles. The molecule has 7 nitrogen and oxygen atoms in total. The van der Waals surface area contributed by atoms with Crippen molar-refractivity contribution in [3.05, 3.63) is 33.4 Å². The maximum absolute atomic E-state index is 11.0. The molecule has 0 fully saturated rings. The summed E-state index contributed by atoms with van der Waals surface area (Å²) in [5, 5.41) is 19.5. The van der Waals surface area contributed by atoms with E-state index in [0.29, 0.717) is 5.56 Å². The van der Waals surface area contributed by atoms with Gasteiger partial charge in [0.25, 0.3) is 0 Å². The first-order valence-corrected chi connectivity index (χ1v) is 4.53. The van der Waals surface area contributed by atoms with Crippen LogP contribution in [0, 0.1) is 21.4 Å². The Kier molecular flexibility index (Phi) is 3.62. The zero-order chi connectivity index (χ0) is 13.0. The molecular weight excluding hydrogens is 226 g/mol. The lowest BCUT2D eigenvalue weighted by molar-refractivity contribution is -0.384. The highest BCUT2D eigenvalue weighted by Gasteiger charge is 2.20. The molecule has 0 aliphatic heterocycles. The number of nitro groups is 1. The molecule has 1 aromatic rings. The fourth-order valence-electron chi connectivity index (χ4n) is 1.35. The van der Waals surface area contributed by atoms with Gasteiger partial charge in [0.1, 0.15) is 17.3 Å². The molecule has 17 heavy (non-hydrogen) atoms. The minimum absolute atomic E-state index is 0.0899. The van der Waals surface area contributed by atoms with Gasteiger partial charge in [-0.05, 0) is 17.7 Å². The van der Waals surface area contributed by atoms with Crippen LogP contribution in [0.4, 0.5) is 11.4 Å². The van der Waals surface area contributed by atoms with Crippen molar-refractivity contribution in [3.8, 4) is 6.07 Å². The van der Waals surface area contributed by atoms with Crippen molar-refractivity contribution in [3.63, 3.8) is 0 Å². The lowest BCUT2D eigenvalue weighted by Crippen LogP contribution is -2.07. The van der Waals surface area contributed by atoms with Gasteiger partial charge < -0.3 is 10.5 Å². The van der Waals surface area contributed by atoms with Crippen molar-refractivity contribution in [2.75, 3.05) is 12.8 Å². The number of esters is 1. The van der Waals surface area contributed by atoms with Gasteiger partial charge in [-0.25, -0.2) is 0 Å². The average molecular weight is 235 g/mol. The van der Waals surface area contributed by atoms with Crippen molar-refractivity contribution in [2.45, 2.75) is 6.42 Å². The Balaban J connectivity index is 3.24. The first-order valence-electron chi connectivity index (χ1n) is 4.53. The van der Waals surface area contributed by atoms with E-state index in [1.165, 1.54) is 19.2 Å². The monoisotopic (exact) mass is 235 g/mol. The number of carbonyl (C=O) groups is 1. The summed E-state index contributed by atoms with van der Waals surface area (Å²) in [6.07, 6.45) is -0.0899. The van der Waals surface area contributed by atoms with Crippen molar-refractivity contribution in [1.29, 1.82) is 5.26 Å². The van der Waals surface area contributed by atoms with E-state index in [2.05, 4.69) is 4.74 Å². The largest absolute Gasteiger partial charge is 0.469 e. The van der Waals surface area contributed by atoms with Crippen LogP contribution in [0.25, 0.3) is 0 Å². The van der Waals surface area contributed by atoms with Crippen LogP contribution in [0.15, 0.2) is 12.1 Å². The number of methoxy groups -OCH3 is 1. The topological polar surface area (TPSA) is 119 Å². The third kappa shape index (κ3) is 2.69. The van der Waals surface area contributed by atoms with E-state index >= 15 is 0 Å². The van der Waals surface area contributed by atoms with Crippen LogP contribution in [0.5, 0.6) is 0 Å². The van der Waals surface area contributed by atoms with Gasteiger partial charge in [-0.2, -0.15) is 5.26 Å². The van der Waals surface area contributed by atoms with Gasteiger partial charge in [0.2, 0.25) is 0 Å². The molecule has 0 heterocycles. The maximum Gasteiger partial charge on any atom is 0.309 e. The molecule has 88 valence electrons. The Bertz CT molecular complexity index is 519. The van der Waals surface area contributed by atoms with Gasteiger partial charge in [0, 0.05) is 0 Å². The first kappa shape index (κ1) is 12.4.